The van der Waals surface area contributed by atoms with Gasteiger partial charge in [0.05, 0.1) is 18.3 Å². The summed E-state index contributed by atoms with van der Waals surface area (Å²) in [5.74, 6) is 0.499. The van der Waals surface area contributed by atoms with Crippen LogP contribution in [0.2, 0.25) is 0 Å². The van der Waals surface area contributed by atoms with Gasteiger partial charge >= 0.3 is 0 Å². The first-order valence-electron chi connectivity index (χ1n) is 6.91. The Bertz CT molecular complexity index is 563. The molecule has 2 heterocycles. The van der Waals surface area contributed by atoms with E-state index in [2.05, 4.69) is 9.71 Å². The topological polar surface area (TPSA) is 82.5 Å². The maximum absolute atomic E-state index is 12.4. The second-order valence-corrected chi connectivity index (χ2v) is 7.17. The minimum Gasteiger partial charge on any atom is -0.394 e. The summed E-state index contributed by atoms with van der Waals surface area (Å²) >= 11 is 0. The van der Waals surface area contributed by atoms with Gasteiger partial charge in [-0.2, -0.15) is 17.4 Å². The number of aliphatic hydroxyl groups is 1. The van der Waals surface area contributed by atoms with Gasteiger partial charge in [-0.3, -0.25) is 4.98 Å². The number of hydrogen-bond donors (Lipinski definition) is 2. The molecular formula is C13H19N3O3S. The SMILES string of the molecule is O=S(=O)(NC(CO)c1ccccn1)N1CC2CCC1C2. The first-order valence-corrected chi connectivity index (χ1v) is 8.35. The van der Waals surface area contributed by atoms with Gasteiger partial charge in [0, 0.05) is 18.8 Å². The zero-order chi connectivity index (χ0) is 14.2. The van der Waals surface area contributed by atoms with Crippen LogP contribution in [0.1, 0.15) is 31.0 Å². The highest BCUT2D eigenvalue weighted by Crippen LogP contribution is 2.38. The minimum atomic E-state index is -3.57. The molecule has 0 spiro atoms. The molecule has 0 radical (unpaired) electrons. The fourth-order valence-corrected chi connectivity index (χ4v) is 4.88. The summed E-state index contributed by atoms with van der Waals surface area (Å²) in [5, 5.41) is 9.43. The Morgan fingerprint density at radius 3 is 2.85 bits per heavy atom. The van der Waals surface area contributed by atoms with E-state index in [9.17, 15) is 13.5 Å². The highest BCUT2D eigenvalue weighted by atomic mass is 32.2. The number of piperidine rings is 1. The van der Waals surface area contributed by atoms with Crippen LogP contribution >= 0.6 is 0 Å². The molecule has 1 aromatic rings. The van der Waals surface area contributed by atoms with Crippen LogP contribution in [0, 0.1) is 5.92 Å². The fraction of sp³-hybridized carbons (Fsp3) is 0.615. The molecule has 7 heteroatoms. The smallest absolute Gasteiger partial charge is 0.280 e. The van der Waals surface area contributed by atoms with Crippen LogP contribution in [0.25, 0.3) is 0 Å². The third-order valence-corrected chi connectivity index (χ3v) is 5.83. The van der Waals surface area contributed by atoms with Crippen LogP contribution in [0.15, 0.2) is 24.4 Å². The van der Waals surface area contributed by atoms with Crippen molar-refractivity contribution in [2.24, 2.45) is 5.92 Å². The van der Waals surface area contributed by atoms with E-state index in [-0.39, 0.29) is 12.6 Å². The molecule has 3 atom stereocenters. The van der Waals surface area contributed by atoms with Gasteiger partial charge in [-0.25, -0.2) is 0 Å². The molecule has 2 fully saturated rings. The van der Waals surface area contributed by atoms with E-state index >= 15 is 0 Å². The number of aliphatic hydroxyl groups excluding tert-OH is 1. The number of hydrogen-bond acceptors (Lipinski definition) is 4. The van der Waals surface area contributed by atoms with E-state index in [1.165, 1.54) is 0 Å². The zero-order valence-electron chi connectivity index (χ0n) is 11.1. The Kier molecular flexibility index (Phi) is 3.76. The predicted molar refractivity (Wildman–Crippen MR) is 74.0 cm³/mol. The van der Waals surface area contributed by atoms with Crippen LogP contribution in [0.3, 0.4) is 0 Å². The molecule has 110 valence electrons. The first-order chi connectivity index (χ1) is 9.60. The Labute approximate surface area is 119 Å². The number of pyridine rings is 1. The molecule has 1 aliphatic carbocycles. The highest BCUT2D eigenvalue weighted by molar-refractivity contribution is 7.87. The monoisotopic (exact) mass is 297 g/mol. The maximum Gasteiger partial charge on any atom is 0.280 e. The normalized spacial score (nSPS) is 27.9. The van der Waals surface area contributed by atoms with Crippen molar-refractivity contribution in [1.29, 1.82) is 0 Å². The lowest BCUT2D eigenvalue weighted by Crippen LogP contribution is -2.46. The standard InChI is InChI=1S/C13H19N3O3S/c17-9-13(12-3-1-2-6-14-12)15-20(18,19)16-8-10-4-5-11(16)7-10/h1-3,6,10-11,13,15,17H,4-5,7-9H2. The largest absolute Gasteiger partial charge is 0.394 e. The zero-order valence-corrected chi connectivity index (χ0v) is 12.0. The molecule has 3 unspecified atom stereocenters. The Morgan fingerprint density at radius 1 is 1.45 bits per heavy atom. The fourth-order valence-electron chi connectivity index (χ4n) is 3.19. The van der Waals surface area contributed by atoms with E-state index in [1.54, 1.807) is 28.7 Å². The van der Waals surface area contributed by atoms with Crippen molar-refractivity contribution >= 4 is 10.2 Å². The Morgan fingerprint density at radius 2 is 2.30 bits per heavy atom. The summed E-state index contributed by atoms with van der Waals surface area (Å²) in [6.45, 7) is 0.290. The summed E-state index contributed by atoms with van der Waals surface area (Å²) in [4.78, 5) is 4.10. The molecule has 2 bridgehead atoms. The molecule has 3 rings (SSSR count). The summed E-state index contributed by atoms with van der Waals surface area (Å²) < 4.78 is 29.0. The number of nitrogens with one attached hydrogen (secondary N) is 1. The average molecular weight is 297 g/mol. The van der Waals surface area contributed by atoms with Gasteiger partial charge in [-0.05, 0) is 37.3 Å². The predicted octanol–water partition coefficient (Wildman–Crippen LogP) is 0.434. The Balaban J connectivity index is 1.75. The lowest BCUT2D eigenvalue weighted by Gasteiger charge is -2.28. The van der Waals surface area contributed by atoms with Gasteiger partial charge in [0.15, 0.2) is 0 Å². The molecule has 0 aromatic carbocycles. The van der Waals surface area contributed by atoms with Crippen LogP contribution in [0.5, 0.6) is 0 Å². The van der Waals surface area contributed by atoms with Crippen LogP contribution in [-0.4, -0.2) is 42.0 Å². The number of fused-ring (bicyclic) bond motifs is 2. The van der Waals surface area contributed by atoms with Crippen molar-refractivity contribution in [3.8, 4) is 0 Å². The number of aromatic nitrogens is 1. The Hall–Kier alpha value is -1.02. The van der Waals surface area contributed by atoms with Gasteiger partial charge in [0.2, 0.25) is 0 Å². The van der Waals surface area contributed by atoms with Gasteiger partial charge in [0.25, 0.3) is 10.2 Å². The van der Waals surface area contributed by atoms with Crippen LogP contribution < -0.4 is 4.72 Å². The van der Waals surface area contributed by atoms with Gasteiger partial charge in [-0.15, -0.1) is 0 Å². The van der Waals surface area contributed by atoms with E-state index in [1.807, 2.05) is 0 Å². The third-order valence-electron chi connectivity index (χ3n) is 4.19. The number of rotatable bonds is 5. The second-order valence-electron chi connectivity index (χ2n) is 5.52. The summed E-state index contributed by atoms with van der Waals surface area (Å²) in [7, 11) is -3.57. The van der Waals surface area contributed by atoms with Crippen molar-refractivity contribution in [3.63, 3.8) is 0 Å². The van der Waals surface area contributed by atoms with Crippen molar-refractivity contribution in [2.75, 3.05) is 13.2 Å². The second kappa shape index (κ2) is 5.40. The molecule has 1 aliphatic heterocycles. The lowest BCUT2D eigenvalue weighted by molar-refractivity contribution is 0.251. The van der Waals surface area contributed by atoms with Crippen LogP contribution in [-0.2, 0) is 10.2 Å². The molecule has 1 aromatic heterocycles. The molecule has 0 amide bonds. The third kappa shape index (κ3) is 2.58. The molecular weight excluding hydrogens is 278 g/mol. The highest BCUT2D eigenvalue weighted by Gasteiger charge is 2.44. The number of nitrogens with zero attached hydrogens (tertiary/aromatic N) is 2. The van der Waals surface area contributed by atoms with E-state index < -0.39 is 16.3 Å². The minimum absolute atomic E-state index is 0.126. The van der Waals surface area contributed by atoms with Gasteiger partial charge in [0.1, 0.15) is 0 Å². The van der Waals surface area contributed by atoms with Crippen molar-refractivity contribution in [1.82, 2.24) is 14.0 Å². The molecule has 1 saturated carbocycles. The van der Waals surface area contributed by atoms with Gasteiger partial charge < -0.3 is 5.11 Å². The van der Waals surface area contributed by atoms with Gasteiger partial charge in [-0.1, -0.05) is 6.07 Å². The first kappa shape index (κ1) is 13.9. The summed E-state index contributed by atoms with van der Waals surface area (Å²) in [6.07, 6.45) is 4.62. The van der Waals surface area contributed by atoms with Crippen molar-refractivity contribution in [2.45, 2.75) is 31.3 Å². The molecule has 2 N–H and O–H groups in total. The molecule has 20 heavy (non-hydrogen) atoms. The van der Waals surface area contributed by atoms with E-state index in [0.717, 1.165) is 19.3 Å². The summed E-state index contributed by atoms with van der Waals surface area (Å²) in [6, 6.07) is 4.67. The maximum atomic E-state index is 12.4. The summed E-state index contributed by atoms with van der Waals surface area (Å²) in [5.41, 5.74) is 0.530. The molecule has 6 nitrogen and oxygen atoms in total. The van der Waals surface area contributed by atoms with Crippen molar-refractivity contribution in [3.05, 3.63) is 30.1 Å². The van der Waals surface area contributed by atoms with E-state index in [4.69, 9.17) is 0 Å². The molecule has 2 aliphatic rings. The van der Waals surface area contributed by atoms with Crippen molar-refractivity contribution < 1.29 is 13.5 Å². The lowest BCUT2D eigenvalue weighted by atomic mass is 10.1. The van der Waals surface area contributed by atoms with Crippen LogP contribution in [0.4, 0.5) is 0 Å². The van der Waals surface area contributed by atoms with E-state index in [0.29, 0.717) is 18.2 Å². The molecule has 1 saturated heterocycles. The quantitative estimate of drug-likeness (QED) is 0.826. The average Bonchev–Trinajstić information content (AvgIpc) is 3.09.